The molecule has 0 aromatic carbocycles. The Hall–Kier alpha value is -0.830. The highest BCUT2D eigenvalue weighted by molar-refractivity contribution is 7.89. The topological polar surface area (TPSA) is 57.7 Å². The van der Waals surface area contributed by atoms with Crippen LogP contribution in [0, 0.1) is 11.8 Å². The SMILES string of the molecule is CCS(=O)(=O)N1CCN(C(=O)C2CCCC(C(F)(F)F)C2)CC1. The number of hydrogen-bond donors (Lipinski definition) is 0. The molecule has 5 nitrogen and oxygen atoms in total. The first-order valence-electron chi connectivity index (χ1n) is 7.98. The maximum atomic E-state index is 12.8. The minimum absolute atomic E-state index is 0.0107. The second-order valence-corrected chi connectivity index (χ2v) is 8.48. The molecule has 1 heterocycles. The van der Waals surface area contributed by atoms with Gasteiger partial charge in [0.25, 0.3) is 0 Å². The maximum absolute atomic E-state index is 12.8. The fourth-order valence-electron chi connectivity index (χ4n) is 3.34. The van der Waals surface area contributed by atoms with Gasteiger partial charge in [-0.2, -0.15) is 17.5 Å². The lowest BCUT2D eigenvalue weighted by Gasteiger charge is -2.37. The van der Waals surface area contributed by atoms with Gasteiger partial charge in [0.1, 0.15) is 0 Å². The average Bonchev–Trinajstić information content (AvgIpc) is 2.53. The lowest BCUT2D eigenvalue weighted by molar-refractivity contribution is -0.187. The van der Waals surface area contributed by atoms with Crippen molar-refractivity contribution in [3.63, 3.8) is 0 Å². The van der Waals surface area contributed by atoms with E-state index in [0.29, 0.717) is 12.8 Å². The molecule has 2 atom stereocenters. The average molecular weight is 356 g/mol. The molecule has 2 unspecified atom stereocenters. The first-order valence-corrected chi connectivity index (χ1v) is 9.59. The molecule has 9 heteroatoms. The van der Waals surface area contributed by atoms with Gasteiger partial charge < -0.3 is 4.90 Å². The van der Waals surface area contributed by atoms with Crippen LogP contribution in [0.25, 0.3) is 0 Å². The van der Waals surface area contributed by atoms with Crippen LogP contribution in [0.2, 0.25) is 0 Å². The molecule has 2 aliphatic rings. The van der Waals surface area contributed by atoms with Crippen LogP contribution in [-0.2, 0) is 14.8 Å². The van der Waals surface area contributed by atoms with Crippen LogP contribution in [0.4, 0.5) is 13.2 Å². The number of rotatable bonds is 3. The maximum Gasteiger partial charge on any atom is 0.391 e. The van der Waals surface area contributed by atoms with E-state index < -0.39 is 28.0 Å². The Morgan fingerprint density at radius 3 is 2.26 bits per heavy atom. The van der Waals surface area contributed by atoms with E-state index in [2.05, 4.69) is 0 Å². The predicted molar refractivity (Wildman–Crippen MR) is 79.1 cm³/mol. The summed E-state index contributed by atoms with van der Waals surface area (Å²) in [6, 6.07) is 0. The zero-order valence-corrected chi connectivity index (χ0v) is 14.0. The smallest absolute Gasteiger partial charge is 0.340 e. The molecule has 1 aliphatic carbocycles. The molecule has 1 saturated heterocycles. The van der Waals surface area contributed by atoms with E-state index in [1.807, 2.05) is 0 Å². The minimum atomic E-state index is -4.24. The molecule has 0 aromatic rings. The second-order valence-electron chi connectivity index (χ2n) is 6.23. The molecule has 0 spiro atoms. The highest BCUT2D eigenvalue weighted by Crippen LogP contribution is 2.40. The van der Waals surface area contributed by atoms with E-state index in [-0.39, 0.29) is 50.7 Å². The number of carbonyl (C=O) groups is 1. The summed E-state index contributed by atoms with van der Waals surface area (Å²) >= 11 is 0. The van der Waals surface area contributed by atoms with Crippen LogP contribution in [0.15, 0.2) is 0 Å². The highest BCUT2D eigenvalue weighted by atomic mass is 32.2. The number of hydrogen-bond acceptors (Lipinski definition) is 3. The Morgan fingerprint density at radius 1 is 1.13 bits per heavy atom. The monoisotopic (exact) mass is 356 g/mol. The summed E-state index contributed by atoms with van der Waals surface area (Å²) in [6.07, 6.45) is -3.40. The van der Waals surface area contributed by atoms with Crippen molar-refractivity contribution in [2.24, 2.45) is 11.8 Å². The van der Waals surface area contributed by atoms with Gasteiger partial charge in [0.05, 0.1) is 11.7 Å². The molecule has 1 saturated carbocycles. The van der Waals surface area contributed by atoms with Gasteiger partial charge in [-0.1, -0.05) is 6.42 Å². The fourth-order valence-corrected chi connectivity index (χ4v) is 4.42. The number of nitrogens with zero attached hydrogens (tertiary/aromatic N) is 2. The van der Waals surface area contributed by atoms with E-state index in [1.165, 1.54) is 9.21 Å². The number of halogens is 3. The summed E-state index contributed by atoms with van der Waals surface area (Å²) in [5.74, 6) is -2.24. The third kappa shape index (κ3) is 4.37. The van der Waals surface area contributed by atoms with Crippen LogP contribution >= 0.6 is 0 Å². The van der Waals surface area contributed by atoms with E-state index in [4.69, 9.17) is 0 Å². The molecule has 23 heavy (non-hydrogen) atoms. The molecule has 1 amide bonds. The number of piperazine rings is 1. The Balaban J connectivity index is 1.92. The van der Waals surface area contributed by atoms with Crippen molar-refractivity contribution in [1.82, 2.24) is 9.21 Å². The zero-order chi connectivity index (χ0) is 17.3. The normalized spacial score (nSPS) is 27.9. The van der Waals surface area contributed by atoms with Crippen LogP contribution in [-0.4, -0.2) is 61.6 Å². The molecule has 1 aliphatic heterocycles. The minimum Gasteiger partial charge on any atom is -0.340 e. The molecular weight excluding hydrogens is 333 g/mol. The Kier molecular flexibility index (Phi) is 5.60. The van der Waals surface area contributed by atoms with Gasteiger partial charge in [-0.15, -0.1) is 0 Å². The molecule has 2 fully saturated rings. The third-order valence-corrected chi connectivity index (χ3v) is 6.68. The predicted octanol–water partition coefficient (Wildman–Crippen LogP) is 1.85. The van der Waals surface area contributed by atoms with Gasteiger partial charge in [-0.3, -0.25) is 4.79 Å². The van der Waals surface area contributed by atoms with Crippen LogP contribution in [0.1, 0.15) is 32.6 Å². The van der Waals surface area contributed by atoms with E-state index >= 15 is 0 Å². The molecule has 0 bridgehead atoms. The summed E-state index contributed by atoms with van der Waals surface area (Å²) in [7, 11) is -3.28. The van der Waals surface area contributed by atoms with Crippen molar-refractivity contribution in [3.8, 4) is 0 Å². The number of amides is 1. The van der Waals surface area contributed by atoms with E-state index in [9.17, 15) is 26.4 Å². The zero-order valence-electron chi connectivity index (χ0n) is 13.2. The Labute approximate surface area is 134 Å². The summed E-state index contributed by atoms with van der Waals surface area (Å²) in [6.45, 7) is 2.51. The van der Waals surface area contributed by atoms with Crippen molar-refractivity contribution < 1.29 is 26.4 Å². The molecule has 134 valence electrons. The van der Waals surface area contributed by atoms with Crippen molar-refractivity contribution in [1.29, 1.82) is 0 Å². The molecule has 0 radical (unpaired) electrons. The van der Waals surface area contributed by atoms with Gasteiger partial charge in [0.15, 0.2) is 0 Å². The van der Waals surface area contributed by atoms with Crippen LogP contribution in [0.3, 0.4) is 0 Å². The van der Waals surface area contributed by atoms with Crippen molar-refractivity contribution in [3.05, 3.63) is 0 Å². The number of carbonyl (C=O) groups excluding carboxylic acids is 1. The Bertz CT molecular complexity index is 528. The molecule has 0 N–H and O–H groups in total. The molecular formula is C14H23F3N2O3S. The highest BCUT2D eigenvalue weighted by Gasteiger charge is 2.44. The quantitative estimate of drug-likeness (QED) is 0.775. The van der Waals surface area contributed by atoms with Gasteiger partial charge >= 0.3 is 6.18 Å². The van der Waals surface area contributed by atoms with E-state index in [1.54, 1.807) is 6.92 Å². The van der Waals surface area contributed by atoms with Gasteiger partial charge in [0, 0.05) is 32.1 Å². The lowest BCUT2D eigenvalue weighted by Crippen LogP contribution is -2.52. The standard InChI is InChI=1S/C14H23F3N2O3S/c1-2-23(21,22)19-8-6-18(7-9-19)13(20)11-4-3-5-12(10-11)14(15,16)17/h11-12H,2-10H2,1H3. The van der Waals surface area contributed by atoms with Crippen LogP contribution < -0.4 is 0 Å². The first kappa shape index (κ1) is 18.5. The van der Waals surface area contributed by atoms with Crippen molar-refractivity contribution >= 4 is 15.9 Å². The van der Waals surface area contributed by atoms with Gasteiger partial charge in [-0.05, 0) is 26.2 Å². The lowest BCUT2D eigenvalue weighted by atomic mass is 9.80. The Morgan fingerprint density at radius 2 is 1.74 bits per heavy atom. The van der Waals surface area contributed by atoms with E-state index in [0.717, 1.165) is 0 Å². The molecule has 0 aromatic heterocycles. The summed E-state index contributed by atoms with van der Waals surface area (Å²) in [5.41, 5.74) is 0. The third-order valence-electron chi connectivity index (χ3n) is 4.79. The first-order chi connectivity index (χ1) is 10.6. The molecule has 2 rings (SSSR count). The van der Waals surface area contributed by atoms with Gasteiger partial charge in [-0.25, -0.2) is 8.42 Å². The summed E-state index contributed by atoms with van der Waals surface area (Å²) in [5, 5.41) is 0. The second kappa shape index (κ2) is 6.96. The summed E-state index contributed by atoms with van der Waals surface area (Å²) in [4.78, 5) is 14.0. The van der Waals surface area contributed by atoms with Gasteiger partial charge in [0.2, 0.25) is 15.9 Å². The summed E-state index contributed by atoms with van der Waals surface area (Å²) < 4.78 is 63.4. The van der Waals surface area contributed by atoms with Crippen LogP contribution in [0.5, 0.6) is 0 Å². The van der Waals surface area contributed by atoms with Crippen molar-refractivity contribution in [2.45, 2.75) is 38.8 Å². The number of alkyl halides is 3. The van der Waals surface area contributed by atoms with Crippen molar-refractivity contribution in [2.75, 3.05) is 31.9 Å². The number of sulfonamides is 1. The largest absolute Gasteiger partial charge is 0.391 e. The fraction of sp³-hybridized carbons (Fsp3) is 0.929.